The highest BCUT2D eigenvalue weighted by Crippen LogP contribution is 2.26. The van der Waals surface area contributed by atoms with Gasteiger partial charge in [0, 0.05) is 0 Å². The van der Waals surface area contributed by atoms with Crippen LogP contribution in [-0.2, 0) is 9.13 Å². The van der Waals surface area contributed by atoms with Crippen LogP contribution in [0.2, 0.25) is 0 Å². The second kappa shape index (κ2) is 9.20. The Morgan fingerprint density at radius 1 is 0.688 bits per heavy atom. The molecule has 0 aromatic rings. The molecule has 0 radical (unpaired) electrons. The van der Waals surface area contributed by atoms with Gasteiger partial charge in [-0.25, -0.2) is 9.13 Å². The molecule has 0 amide bonds. The van der Waals surface area contributed by atoms with E-state index in [-0.39, 0.29) is 6.15 Å². The summed E-state index contributed by atoms with van der Waals surface area (Å²) in [5.41, 5.74) is 0. The Morgan fingerprint density at radius 3 is 0.688 bits per heavy atom. The first-order chi connectivity index (χ1) is 6.00. The maximum Gasteiger partial charge on any atom is 0.466 e. The molecule has 16 heavy (non-hydrogen) atoms. The molecule has 0 bridgehead atoms. The van der Waals surface area contributed by atoms with E-state index >= 15 is 0 Å². The maximum atomic E-state index is 8.88. The van der Waals surface area contributed by atoms with Crippen molar-refractivity contribution in [2.24, 2.45) is 0 Å². The minimum absolute atomic E-state index is 0. The lowest BCUT2D eigenvalue weighted by Gasteiger charge is -2.14. The fourth-order valence-corrected chi connectivity index (χ4v) is 0. The Kier molecular flexibility index (Phi) is 14.4. The van der Waals surface area contributed by atoms with Crippen molar-refractivity contribution in [3.05, 3.63) is 0 Å². The lowest BCUT2D eigenvalue weighted by Crippen LogP contribution is -2.27. The molecule has 0 aliphatic rings. The van der Waals surface area contributed by atoms with Crippen molar-refractivity contribution < 1.29 is 43.0 Å². The summed E-state index contributed by atoms with van der Waals surface area (Å²) in [5.74, 6) is 0. The van der Waals surface area contributed by atoms with Crippen molar-refractivity contribution in [3.8, 4) is 0 Å². The van der Waals surface area contributed by atoms with Crippen LogP contribution in [0.25, 0.3) is 0 Å². The predicted molar refractivity (Wildman–Crippen MR) is 57.5 cm³/mol. The number of rotatable bonds is 0. The van der Waals surface area contributed by atoms with Crippen LogP contribution in [0.3, 0.4) is 0 Å². The number of phosphoric acid groups is 2. The van der Waals surface area contributed by atoms with Gasteiger partial charge in [0.2, 0.25) is 0 Å². The SMILES string of the molecule is C[N+](C)(C)C.N.O=P(O)(O)O.O=P(O)(O)O. The molecule has 0 aliphatic heterocycles. The first kappa shape index (κ1) is 25.1. The highest BCUT2D eigenvalue weighted by molar-refractivity contribution is 7.45. The number of hydrogen-bond donors (Lipinski definition) is 7. The summed E-state index contributed by atoms with van der Waals surface area (Å²) >= 11 is 0. The fraction of sp³-hybridized carbons (Fsp3) is 1.00. The quantitative estimate of drug-likeness (QED) is 0.208. The van der Waals surface area contributed by atoms with E-state index in [1.54, 1.807) is 0 Å². The Labute approximate surface area is 93.8 Å². The van der Waals surface area contributed by atoms with E-state index in [0.29, 0.717) is 0 Å². The van der Waals surface area contributed by atoms with E-state index in [1.165, 1.54) is 0 Å². The molecule has 0 atom stereocenters. The Hall–Kier alpha value is 0.140. The molecular formula is C4H21N2O8P2+. The summed E-state index contributed by atoms with van der Waals surface area (Å²) in [6, 6.07) is 0. The number of quaternary nitrogens is 1. The van der Waals surface area contributed by atoms with Crippen molar-refractivity contribution >= 4 is 15.6 Å². The van der Waals surface area contributed by atoms with Gasteiger partial charge in [-0.05, 0) is 0 Å². The predicted octanol–water partition coefficient (Wildman–Crippen LogP) is -1.37. The molecule has 0 saturated heterocycles. The van der Waals surface area contributed by atoms with Crippen molar-refractivity contribution in [2.45, 2.75) is 0 Å². The van der Waals surface area contributed by atoms with Gasteiger partial charge in [-0.2, -0.15) is 0 Å². The monoisotopic (exact) mass is 287 g/mol. The zero-order valence-corrected chi connectivity index (χ0v) is 11.3. The van der Waals surface area contributed by atoms with E-state index in [1.807, 2.05) is 0 Å². The summed E-state index contributed by atoms with van der Waals surface area (Å²) in [4.78, 5) is 43.1. The molecule has 0 aromatic heterocycles. The van der Waals surface area contributed by atoms with Crippen molar-refractivity contribution in [3.63, 3.8) is 0 Å². The van der Waals surface area contributed by atoms with Crippen LogP contribution in [-0.4, -0.2) is 62.0 Å². The molecule has 0 spiro atoms. The normalized spacial score (nSPS) is 11.1. The third kappa shape index (κ3) is 125000. The van der Waals surface area contributed by atoms with Crippen LogP contribution in [0, 0.1) is 0 Å². The third-order valence-electron chi connectivity index (χ3n) is 0. The zero-order chi connectivity index (χ0) is 13.5. The van der Waals surface area contributed by atoms with E-state index in [4.69, 9.17) is 38.5 Å². The molecule has 0 fully saturated rings. The third-order valence-corrected chi connectivity index (χ3v) is 0. The van der Waals surface area contributed by atoms with Gasteiger partial charge < -0.3 is 40.0 Å². The standard InChI is InChI=1S/C4H12N.H3N.2H3O4P/c1-5(2,3)4;;2*1-5(2,3)4/h1-4H3;1H3;2*(H3,1,2,3,4)/q+1;;;. The van der Waals surface area contributed by atoms with Gasteiger partial charge in [0.1, 0.15) is 0 Å². The topological polar surface area (TPSA) is 191 Å². The smallest absolute Gasteiger partial charge is 0.344 e. The molecule has 0 aliphatic carbocycles. The highest BCUT2D eigenvalue weighted by Gasteiger charge is 2.00. The van der Waals surface area contributed by atoms with Crippen LogP contribution in [0.1, 0.15) is 0 Å². The lowest BCUT2D eigenvalue weighted by molar-refractivity contribution is -0.849. The molecule has 0 rings (SSSR count). The second-order valence-electron chi connectivity index (χ2n) is 3.71. The molecular weight excluding hydrogens is 266 g/mol. The highest BCUT2D eigenvalue weighted by atomic mass is 31.2. The minimum Gasteiger partial charge on any atom is -0.344 e. The molecule has 104 valence electrons. The van der Waals surface area contributed by atoms with Gasteiger partial charge in [-0.15, -0.1) is 0 Å². The molecule has 10 nitrogen and oxygen atoms in total. The summed E-state index contributed by atoms with van der Waals surface area (Å²) in [5, 5.41) is 0. The van der Waals surface area contributed by atoms with E-state index < -0.39 is 15.6 Å². The van der Waals surface area contributed by atoms with E-state index in [2.05, 4.69) is 28.2 Å². The van der Waals surface area contributed by atoms with Crippen molar-refractivity contribution in [2.75, 3.05) is 28.2 Å². The van der Waals surface area contributed by atoms with Gasteiger partial charge in [-0.1, -0.05) is 0 Å². The average Bonchev–Trinajstić information content (AvgIpc) is 1.41. The fourth-order valence-electron chi connectivity index (χ4n) is 0. The van der Waals surface area contributed by atoms with E-state index in [0.717, 1.165) is 4.48 Å². The zero-order valence-electron chi connectivity index (χ0n) is 9.55. The van der Waals surface area contributed by atoms with Gasteiger partial charge in [0.05, 0.1) is 28.2 Å². The van der Waals surface area contributed by atoms with Gasteiger partial charge in [-0.3, -0.25) is 0 Å². The van der Waals surface area contributed by atoms with Crippen LogP contribution in [0.5, 0.6) is 0 Å². The lowest BCUT2D eigenvalue weighted by atomic mass is 10.8. The van der Waals surface area contributed by atoms with Gasteiger partial charge in [0.15, 0.2) is 0 Å². The molecule has 9 N–H and O–H groups in total. The van der Waals surface area contributed by atoms with Crippen LogP contribution < -0.4 is 6.15 Å². The molecule has 0 aromatic carbocycles. The van der Waals surface area contributed by atoms with Crippen LogP contribution in [0.15, 0.2) is 0 Å². The minimum atomic E-state index is -4.64. The Morgan fingerprint density at radius 2 is 0.688 bits per heavy atom. The number of nitrogens with zero attached hydrogens (tertiary/aromatic N) is 1. The molecule has 0 unspecified atom stereocenters. The number of hydrogen-bond acceptors (Lipinski definition) is 3. The summed E-state index contributed by atoms with van der Waals surface area (Å²) in [7, 11) is -0.778. The van der Waals surface area contributed by atoms with Gasteiger partial charge >= 0.3 is 15.6 Å². The first-order valence-corrected chi connectivity index (χ1v) is 6.48. The Bertz CT molecular complexity index is 196. The van der Waals surface area contributed by atoms with Crippen LogP contribution in [0.4, 0.5) is 0 Å². The maximum absolute atomic E-state index is 8.88. The van der Waals surface area contributed by atoms with Crippen molar-refractivity contribution in [1.82, 2.24) is 6.15 Å². The summed E-state index contributed by atoms with van der Waals surface area (Å²) < 4.78 is 18.8. The van der Waals surface area contributed by atoms with Crippen molar-refractivity contribution in [1.29, 1.82) is 0 Å². The first-order valence-electron chi connectivity index (χ1n) is 3.35. The van der Waals surface area contributed by atoms with Crippen LogP contribution >= 0.6 is 15.6 Å². The summed E-state index contributed by atoms with van der Waals surface area (Å²) in [6.45, 7) is 0. The molecule has 0 saturated carbocycles. The average molecular weight is 287 g/mol. The Balaban J connectivity index is -0.0000000655. The van der Waals surface area contributed by atoms with E-state index in [9.17, 15) is 0 Å². The van der Waals surface area contributed by atoms with Gasteiger partial charge in [0.25, 0.3) is 0 Å². The molecule has 12 heteroatoms. The summed E-state index contributed by atoms with van der Waals surface area (Å²) in [6.07, 6.45) is 0. The second-order valence-corrected chi connectivity index (χ2v) is 5.76. The molecule has 0 heterocycles. The largest absolute Gasteiger partial charge is 0.466 e.